The van der Waals surface area contributed by atoms with Gasteiger partial charge < -0.3 is 5.32 Å². The fraction of sp³-hybridized carbons (Fsp3) is 0.857. The Morgan fingerprint density at radius 3 is 2.50 bits per heavy atom. The largest absolute Gasteiger partial charge is 0.311 e. The fourth-order valence-corrected chi connectivity index (χ4v) is 3.30. The third-order valence-electron chi connectivity index (χ3n) is 4.02. The van der Waals surface area contributed by atoms with E-state index >= 15 is 0 Å². The minimum atomic E-state index is 0.784. The first-order valence-electron chi connectivity index (χ1n) is 6.77. The van der Waals surface area contributed by atoms with Crippen LogP contribution in [-0.4, -0.2) is 36.1 Å². The Labute approximate surface area is 99.8 Å². The lowest BCUT2D eigenvalue weighted by molar-refractivity contribution is 0.144. The molecule has 2 atom stereocenters. The fourth-order valence-electron chi connectivity index (χ4n) is 3.30. The first-order valence-corrected chi connectivity index (χ1v) is 6.77. The van der Waals surface area contributed by atoms with Crippen molar-refractivity contribution in [2.24, 2.45) is 0 Å². The molecule has 0 aromatic heterocycles. The smallest absolute Gasteiger partial charge is 0.0214 e. The lowest BCUT2D eigenvalue weighted by atomic mass is 9.98. The molecule has 0 aromatic rings. The van der Waals surface area contributed by atoms with Crippen LogP contribution in [0.3, 0.4) is 0 Å². The van der Waals surface area contributed by atoms with Crippen LogP contribution in [0.5, 0.6) is 0 Å². The van der Waals surface area contributed by atoms with Gasteiger partial charge in [0.15, 0.2) is 0 Å². The molecule has 16 heavy (non-hydrogen) atoms. The molecule has 0 spiro atoms. The summed E-state index contributed by atoms with van der Waals surface area (Å²) in [5.41, 5.74) is 0. The molecule has 0 saturated carbocycles. The Morgan fingerprint density at radius 1 is 1.25 bits per heavy atom. The monoisotopic (exact) mass is 220 g/mol. The average Bonchev–Trinajstić information content (AvgIpc) is 2.63. The Balaban J connectivity index is 1.89. The van der Waals surface area contributed by atoms with Crippen LogP contribution in [0.1, 0.15) is 45.4 Å². The van der Waals surface area contributed by atoms with Crippen molar-refractivity contribution in [2.75, 3.05) is 13.1 Å². The zero-order chi connectivity index (χ0) is 11.4. The van der Waals surface area contributed by atoms with Crippen LogP contribution in [-0.2, 0) is 0 Å². The van der Waals surface area contributed by atoms with Gasteiger partial charge in [0.05, 0.1) is 0 Å². The van der Waals surface area contributed by atoms with E-state index in [1.807, 2.05) is 0 Å². The van der Waals surface area contributed by atoms with E-state index in [0.717, 1.165) is 31.1 Å². The minimum Gasteiger partial charge on any atom is -0.311 e. The SMILES string of the molecule is C#CCCN(CCC)C1CC2CCC(C1)N2. The molecule has 2 bridgehead atoms. The molecule has 2 nitrogen and oxygen atoms in total. The number of terminal acetylenes is 1. The molecule has 90 valence electrons. The summed E-state index contributed by atoms with van der Waals surface area (Å²) >= 11 is 0. The van der Waals surface area contributed by atoms with Crippen molar-refractivity contribution in [3.63, 3.8) is 0 Å². The summed E-state index contributed by atoms with van der Waals surface area (Å²) in [4.78, 5) is 2.63. The van der Waals surface area contributed by atoms with E-state index in [4.69, 9.17) is 6.42 Å². The molecule has 2 heterocycles. The Kier molecular flexibility index (Phi) is 4.26. The summed E-state index contributed by atoms with van der Waals surface area (Å²) in [5.74, 6) is 2.78. The van der Waals surface area contributed by atoms with Crippen molar-refractivity contribution in [1.29, 1.82) is 0 Å². The van der Waals surface area contributed by atoms with Crippen LogP contribution in [0, 0.1) is 12.3 Å². The Hall–Kier alpha value is -0.520. The highest BCUT2D eigenvalue weighted by Crippen LogP contribution is 2.29. The van der Waals surface area contributed by atoms with E-state index in [1.165, 1.54) is 38.6 Å². The van der Waals surface area contributed by atoms with E-state index < -0.39 is 0 Å². The van der Waals surface area contributed by atoms with Crippen molar-refractivity contribution in [1.82, 2.24) is 10.2 Å². The summed E-state index contributed by atoms with van der Waals surface area (Å²) < 4.78 is 0. The second-order valence-corrected chi connectivity index (χ2v) is 5.25. The number of nitrogens with zero attached hydrogens (tertiary/aromatic N) is 1. The molecule has 0 aliphatic carbocycles. The maximum atomic E-state index is 5.38. The lowest BCUT2D eigenvalue weighted by Gasteiger charge is -2.37. The van der Waals surface area contributed by atoms with Crippen LogP contribution in [0.25, 0.3) is 0 Å². The molecule has 2 saturated heterocycles. The molecule has 1 N–H and O–H groups in total. The van der Waals surface area contributed by atoms with Gasteiger partial charge in [0, 0.05) is 31.1 Å². The van der Waals surface area contributed by atoms with Crippen molar-refractivity contribution >= 4 is 0 Å². The van der Waals surface area contributed by atoms with Gasteiger partial charge in [0.1, 0.15) is 0 Å². The van der Waals surface area contributed by atoms with Gasteiger partial charge in [-0.2, -0.15) is 0 Å². The number of piperidine rings is 1. The first-order chi connectivity index (χ1) is 7.83. The molecule has 0 amide bonds. The van der Waals surface area contributed by atoms with E-state index in [9.17, 15) is 0 Å². The molecular formula is C14H24N2. The van der Waals surface area contributed by atoms with Gasteiger partial charge in [-0.05, 0) is 38.6 Å². The second-order valence-electron chi connectivity index (χ2n) is 5.25. The third kappa shape index (κ3) is 2.78. The van der Waals surface area contributed by atoms with Gasteiger partial charge in [0.25, 0.3) is 0 Å². The predicted molar refractivity (Wildman–Crippen MR) is 68.3 cm³/mol. The lowest BCUT2D eigenvalue weighted by Crippen LogP contribution is -2.48. The molecule has 2 aliphatic heterocycles. The van der Waals surface area contributed by atoms with Gasteiger partial charge in [-0.15, -0.1) is 12.3 Å². The minimum absolute atomic E-state index is 0.784. The summed E-state index contributed by atoms with van der Waals surface area (Å²) in [7, 11) is 0. The van der Waals surface area contributed by atoms with Crippen LogP contribution >= 0.6 is 0 Å². The molecule has 2 heteroatoms. The molecular weight excluding hydrogens is 196 g/mol. The Morgan fingerprint density at radius 2 is 1.94 bits per heavy atom. The highest BCUT2D eigenvalue weighted by Gasteiger charge is 2.35. The summed E-state index contributed by atoms with van der Waals surface area (Å²) in [6.07, 6.45) is 13.0. The van der Waals surface area contributed by atoms with Gasteiger partial charge in [0.2, 0.25) is 0 Å². The zero-order valence-corrected chi connectivity index (χ0v) is 10.4. The maximum absolute atomic E-state index is 5.38. The number of hydrogen-bond donors (Lipinski definition) is 1. The van der Waals surface area contributed by atoms with E-state index in [2.05, 4.69) is 23.1 Å². The highest BCUT2D eigenvalue weighted by molar-refractivity contribution is 4.96. The predicted octanol–water partition coefficient (Wildman–Crippen LogP) is 2.00. The van der Waals surface area contributed by atoms with Crippen LogP contribution in [0.4, 0.5) is 0 Å². The standard InChI is InChI=1S/C14H24N2/c1-3-5-9-16(8-4-2)14-10-12-6-7-13(11-14)15-12/h1,12-15H,4-11H2,2H3. The normalized spacial score (nSPS) is 32.9. The van der Waals surface area contributed by atoms with Gasteiger partial charge >= 0.3 is 0 Å². The third-order valence-corrected chi connectivity index (χ3v) is 4.02. The maximum Gasteiger partial charge on any atom is 0.0214 e. The van der Waals surface area contributed by atoms with E-state index in [-0.39, 0.29) is 0 Å². The van der Waals surface area contributed by atoms with Gasteiger partial charge in [-0.1, -0.05) is 6.92 Å². The summed E-state index contributed by atoms with van der Waals surface area (Å²) in [6.45, 7) is 4.57. The number of nitrogens with one attached hydrogen (secondary N) is 1. The molecule has 2 aliphatic rings. The van der Waals surface area contributed by atoms with Crippen LogP contribution in [0.2, 0.25) is 0 Å². The molecule has 2 unspecified atom stereocenters. The van der Waals surface area contributed by atoms with Crippen LogP contribution in [0.15, 0.2) is 0 Å². The van der Waals surface area contributed by atoms with Crippen molar-refractivity contribution in [3.05, 3.63) is 0 Å². The molecule has 2 fully saturated rings. The van der Waals surface area contributed by atoms with E-state index in [0.29, 0.717) is 0 Å². The summed E-state index contributed by atoms with van der Waals surface area (Å²) in [5, 5.41) is 3.71. The highest BCUT2D eigenvalue weighted by atomic mass is 15.2. The summed E-state index contributed by atoms with van der Waals surface area (Å²) in [6, 6.07) is 2.36. The number of fused-ring (bicyclic) bond motifs is 2. The topological polar surface area (TPSA) is 15.3 Å². The number of hydrogen-bond acceptors (Lipinski definition) is 2. The van der Waals surface area contributed by atoms with Crippen molar-refractivity contribution < 1.29 is 0 Å². The Bertz CT molecular complexity index is 244. The van der Waals surface area contributed by atoms with E-state index in [1.54, 1.807) is 0 Å². The molecule has 2 rings (SSSR count). The second kappa shape index (κ2) is 5.70. The zero-order valence-electron chi connectivity index (χ0n) is 10.4. The molecule has 0 radical (unpaired) electrons. The van der Waals surface area contributed by atoms with Crippen molar-refractivity contribution in [3.8, 4) is 12.3 Å². The van der Waals surface area contributed by atoms with Crippen molar-refractivity contribution in [2.45, 2.75) is 63.6 Å². The average molecular weight is 220 g/mol. The number of rotatable bonds is 5. The van der Waals surface area contributed by atoms with Gasteiger partial charge in [-0.3, -0.25) is 4.90 Å². The first kappa shape index (κ1) is 12.0. The van der Waals surface area contributed by atoms with Gasteiger partial charge in [-0.25, -0.2) is 0 Å². The quantitative estimate of drug-likeness (QED) is 0.713. The van der Waals surface area contributed by atoms with Crippen LogP contribution < -0.4 is 5.32 Å². The molecule has 0 aromatic carbocycles.